The van der Waals surface area contributed by atoms with E-state index in [1.165, 1.54) is 32.1 Å². The van der Waals surface area contributed by atoms with Crippen LogP contribution in [0, 0.1) is 5.92 Å². The van der Waals surface area contributed by atoms with E-state index in [0.717, 1.165) is 18.7 Å². The largest absolute Gasteiger partial charge is 0.334 e. The Morgan fingerprint density at radius 1 is 1.12 bits per heavy atom. The van der Waals surface area contributed by atoms with Crippen molar-refractivity contribution in [2.75, 3.05) is 31.5 Å². The van der Waals surface area contributed by atoms with Crippen LogP contribution in [0.1, 0.15) is 39.0 Å². The van der Waals surface area contributed by atoms with Crippen molar-refractivity contribution < 1.29 is 8.49 Å². The summed E-state index contributed by atoms with van der Waals surface area (Å²) >= 11 is 0. The molecule has 0 spiro atoms. The summed E-state index contributed by atoms with van der Waals surface area (Å²) in [6.07, 6.45) is 14.8. The van der Waals surface area contributed by atoms with E-state index in [9.17, 15) is 0 Å². The monoisotopic (exact) mass is 266 g/mol. The summed E-state index contributed by atoms with van der Waals surface area (Å²) in [6, 6.07) is 0. The van der Waals surface area contributed by atoms with E-state index in [4.69, 9.17) is 8.49 Å². The van der Waals surface area contributed by atoms with Crippen molar-refractivity contribution in [1.82, 2.24) is 0 Å². The molecule has 1 atom stereocenters. The van der Waals surface area contributed by atoms with Gasteiger partial charge in [-0.3, -0.25) is 3.97 Å². The number of hydrogen-bond donors (Lipinski definition) is 0. The second kappa shape index (κ2) is 7.20. The molecule has 1 aliphatic carbocycles. The molecule has 0 N–H and O–H groups in total. The van der Waals surface area contributed by atoms with Crippen LogP contribution < -0.4 is 0 Å². The summed E-state index contributed by atoms with van der Waals surface area (Å²) < 4.78 is 11.9. The molecule has 0 saturated heterocycles. The van der Waals surface area contributed by atoms with E-state index >= 15 is 0 Å². The van der Waals surface area contributed by atoms with E-state index in [0.29, 0.717) is 0 Å². The van der Waals surface area contributed by atoms with Crippen LogP contribution in [0.4, 0.5) is 0 Å². The fraction of sp³-hybridized carbons (Fsp3) is 1.00. The molecule has 1 saturated carbocycles. The lowest BCUT2D eigenvalue weighted by molar-refractivity contribution is 0.322. The van der Waals surface area contributed by atoms with Crippen LogP contribution in [0.2, 0.25) is 0 Å². The highest BCUT2D eigenvalue weighted by Crippen LogP contribution is 2.55. The second-order valence-electron chi connectivity index (χ2n) is 5.24. The summed E-state index contributed by atoms with van der Waals surface area (Å²) in [5.41, 5.74) is 0. The van der Waals surface area contributed by atoms with Crippen LogP contribution in [0.25, 0.3) is 0 Å². The van der Waals surface area contributed by atoms with Crippen molar-refractivity contribution in [3.8, 4) is 0 Å². The molecule has 1 unspecified atom stereocenters. The van der Waals surface area contributed by atoms with Gasteiger partial charge in [-0.25, -0.2) is 0 Å². The van der Waals surface area contributed by atoms with Gasteiger partial charge in [-0.05, 0) is 44.5 Å². The molecule has 0 radical (unpaired) electrons. The molecule has 0 amide bonds. The van der Waals surface area contributed by atoms with Crippen molar-refractivity contribution in [1.29, 1.82) is 0 Å². The fourth-order valence-electron chi connectivity index (χ4n) is 2.08. The lowest BCUT2D eigenvalue weighted by Gasteiger charge is -2.32. The van der Waals surface area contributed by atoms with Crippen molar-refractivity contribution in [3.05, 3.63) is 0 Å². The van der Waals surface area contributed by atoms with Gasteiger partial charge in [0.1, 0.15) is 0 Å². The molecule has 1 fully saturated rings. The Morgan fingerprint density at radius 3 is 2.25 bits per heavy atom. The molecule has 0 bridgehead atoms. The van der Waals surface area contributed by atoms with Crippen molar-refractivity contribution in [2.24, 2.45) is 5.92 Å². The minimum atomic E-state index is -0.892. The quantitative estimate of drug-likeness (QED) is 0.657. The molecule has 0 aromatic carbocycles. The third-order valence-electron chi connectivity index (χ3n) is 2.71. The minimum Gasteiger partial charge on any atom is -0.334 e. The zero-order chi connectivity index (χ0) is 12.0. The van der Waals surface area contributed by atoms with E-state index < -0.39 is 18.7 Å². The molecule has 4 heteroatoms. The standard InChI is InChI=1S/C12H27O2PS/c1-5-13-15(14-16(2,3)4)11-12-9-7-6-8-10-12/h12H,5-11H2,1-4H3. The lowest BCUT2D eigenvalue weighted by atomic mass is 9.91. The summed E-state index contributed by atoms with van der Waals surface area (Å²) in [5.74, 6) is 0.855. The Labute approximate surface area is 104 Å². The second-order valence-corrected chi connectivity index (χ2v) is 10.6. The predicted molar refractivity (Wildman–Crippen MR) is 76.4 cm³/mol. The first-order chi connectivity index (χ1) is 7.51. The zero-order valence-electron chi connectivity index (χ0n) is 11.2. The SMILES string of the molecule is CCOP(CC1CCCCC1)OS(C)(C)C. The summed E-state index contributed by atoms with van der Waals surface area (Å²) in [7, 11) is -1.53. The van der Waals surface area contributed by atoms with Gasteiger partial charge in [0.2, 0.25) is 0 Å². The Balaban J connectivity index is 2.36. The van der Waals surface area contributed by atoms with E-state index in [2.05, 4.69) is 25.7 Å². The molecule has 1 rings (SSSR count). The van der Waals surface area contributed by atoms with Crippen LogP contribution in [-0.2, 0) is 8.49 Å². The van der Waals surface area contributed by atoms with Crippen molar-refractivity contribution in [2.45, 2.75) is 39.0 Å². The first kappa shape index (κ1) is 14.8. The van der Waals surface area contributed by atoms with Gasteiger partial charge in [-0.1, -0.05) is 19.3 Å². The summed E-state index contributed by atoms with van der Waals surface area (Å²) in [5, 5.41) is 0. The smallest absolute Gasteiger partial charge is 0.181 e. The summed E-state index contributed by atoms with van der Waals surface area (Å²) in [4.78, 5) is 0. The third kappa shape index (κ3) is 6.44. The lowest BCUT2D eigenvalue weighted by Crippen LogP contribution is -2.12. The van der Waals surface area contributed by atoms with Crippen LogP contribution in [0.15, 0.2) is 0 Å². The fourth-order valence-corrected chi connectivity index (χ4v) is 5.67. The van der Waals surface area contributed by atoms with Crippen molar-refractivity contribution >= 4 is 18.7 Å². The molecular weight excluding hydrogens is 239 g/mol. The van der Waals surface area contributed by atoms with Crippen LogP contribution in [0.3, 0.4) is 0 Å². The number of rotatable bonds is 6. The highest BCUT2D eigenvalue weighted by atomic mass is 32.3. The predicted octanol–water partition coefficient (Wildman–Crippen LogP) is 4.54. The van der Waals surface area contributed by atoms with Crippen LogP contribution in [-0.4, -0.2) is 31.5 Å². The Hall–Kier alpha value is 0.700. The summed E-state index contributed by atoms with van der Waals surface area (Å²) in [6.45, 7) is 2.85. The van der Waals surface area contributed by atoms with Gasteiger partial charge in [-0.15, -0.1) is 10.3 Å². The molecule has 1 aliphatic rings. The molecule has 0 heterocycles. The molecule has 16 heavy (non-hydrogen) atoms. The van der Waals surface area contributed by atoms with E-state index in [1.54, 1.807) is 0 Å². The maximum Gasteiger partial charge on any atom is 0.181 e. The zero-order valence-corrected chi connectivity index (χ0v) is 12.9. The average Bonchev–Trinajstić information content (AvgIpc) is 2.17. The first-order valence-electron chi connectivity index (χ1n) is 6.29. The first-order valence-corrected chi connectivity index (χ1v) is 10.4. The van der Waals surface area contributed by atoms with Gasteiger partial charge >= 0.3 is 0 Å². The normalized spacial score (nSPS) is 22.0. The molecule has 2 nitrogen and oxygen atoms in total. The molecule has 0 aromatic rings. The van der Waals surface area contributed by atoms with Gasteiger partial charge in [0.25, 0.3) is 0 Å². The van der Waals surface area contributed by atoms with Crippen LogP contribution in [0.5, 0.6) is 0 Å². The maximum absolute atomic E-state index is 6.11. The topological polar surface area (TPSA) is 18.5 Å². The number of hydrogen-bond acceptors (Lipinski definition) is 2. The van der Waals surface area contributed by atoms with E-state index in [1.807, 2.05) is 0 Å². The van der Waals surface area contributed by atoms with Gasteiger partial charge in [0.05, 0.1) is 6.61 Å². The molecule has 0 aromatic heterocycles. The van der Waals surface area contributed by atoms with Crippen LogP contribution >= 0.6 is 18.7 Å². The Bertz CT molecular complexity index is 188. The Morgan fingerprint density at radius 2 is 1.75 bits per heavy atom. The minimum absolute atomic E-state index is 0.635. The van der Waals surface area contributed by atoms with Gasteiger partial charge in [0, 0.05) is 6.16 Å². The highest BCUT2D eigenvalue weighted by Gasteiger charge is 2.23. The third-order valence-corrected chi connectivity index (χ3v) is 6.53. The van der Waals surface area contributed by atoms with E-state index in [-0.39, 0.29) is 0 Å². The van der Waals surface area contributed by atoms with Gasteiger partial charge < -0.3 is 4.52 Å². The van der Waals surface area contributed by atoms with Gasteiger partial charge in [-0.2, -0.15) is 0 Å². The maximum atomic E-state index is 6.11. The Kier molecular flexibility index (Phi) is 6.65. The van der Waals surface area contributed by atoms with Gasteiger partial charge in [0.15, 0.2) is 8.38 Å². The van der Waals surface area contributed by atoms with Crippen molar-refractivity contribution in [3.63, 3.8) is 0 Å². The average molecular weight is 266 g/mol. The molecule has 98 valence electrons. The molecule has 0 aliphatic heterocycles. The molecular formula is C12H27O2PS. The highest BCUT2D eigenvalue weighted by molar-refractivity contribution is 8.29.